The third-order valence-electron chi connectivity index (χ3n) is 2.58. The molecule has 100 valence electrons. The Morgan fingerprint density at radius 1 is 1.17 bits per heavy atom. The van der Waals surface area contributed by atoms with Crippen molar-refractivity contribution in [2.75, 3.05) is 5.75 Å². The van der Waals surface area contributed by atoms with Gasteiger partial charge in [-0.3, -0.25) is 9.78 Å². The van der Waals surface area contributed by atoms with Gasteiger partial charge in [0, 0.05) is 25.1 Å². The standard InChI is InChI=1S/C13H17Cl2NOS/c1-10(17)18-7-5-3-2-4-6-11-12(14)8-16-9-13(11)15/h8-9H,2-7H2,1H3. The maximum Gasteiger partial charge on any atom is 0.185 e. The van der Waals surface area contributed by atoms with Crippen LogP contribution in [0, 0.1) is 0 Å². The molecule has 0 aliphatic rings. The average molecular weight is 306 g/mol. The van der Waals surface area contributed by atoms with E-state index in [0.717, 1.165) is 43.4 Å². The Labute approximate surface area is 122 Å². The minimum Gasteiger partial charge on any atom is -0.288 e. The van der Waals surface area contributed by atoms with Crippen molar-refractivity contribution in [3.05, 3.63) is 28.0 Å². The van der Waals surface area contributed by atoms with Crippen molar-refractivity contribution in [2.45, 2.75) is 39.0 Å². The zero-order chi connectivity index (χ0) is 13.4. The second-order valence-corrected chi connectivity index (χ2v) is 6.17. The summed E-state index contributed by atoms with van der Waals surface area (Å²) >= 11 is 13.5. The van der Waals surface area contributed by atoms with Crippen molar-refractivity contribution in [3.8, 4) is 0 Å². The van der Waals surface area contributed by atoms with Gasteiger partial charge in [-0.25, -0.2) is 0 Å². The fraction of sp³-hybridized carbons (Fsp3) is 0.538. The molecular formula is C13H17Cl2NOS. The van der Waals surface area contributed by atoms with E-state index in [2.05, 4.69) is 4.98 Å². The van der Waals surface area contributed by atoms with Crippen LogP contribution in [0.25, 0.3) is 0 Å². The Morgan fingerprint density at radius 2 is 1.78 bits per heavy atom. The quantitative estimate of drug-likeness (QED) is 0.680. The number of hydrogen-bond acceptors (Lipinski definition) is 3. The molecule has 1 aromatic rings. The van der Waals surface area contributed by atoms with Gasteiger partial charge in [0.25, 0.3) is 0 Å². The van der Waals surface area contributed by atoms with E-state index >= 15 is 0 Å². The van der Waals surface area contributed by atoms with Gasteiger partial charge in [0.1, 0.15) is 0 Å². The van der Waals surface area contributed by atoms with Gasteiger partial charge < -0.3 is 0 Å². The number of carbonyl (C=O) groups is 1. The van der Waals surface area contributed by atoms with Crippen molar-refractivity contribution in [1.29, 1.82) is 0 Å². The Balaban J connectivity index is 2.16. The Bertz CT molecular complexity index is 378. The first-order chi connectivity index (χ1) is 8.61. The fourth-order valence-electron chi connectivity index (χ4n) is 1.65. The molecule has 0 radical (unpaired) electrons. The van der Waals surface area contributed by atoms with Crippen LogP contribution < -0.4 is 0 Å². The summed E-state index contributed by atoms with van der Waals surface area (Å²) < 4.78 is 0. The molecule has 0 saturated carbocycles. The number of unbranched alkanes of at least 4 members (excludes halogenated alkanes) is 3. The molecule has 5 heteroatoms. The molecule has 0 aliphatic heterocycles. The first-order valence-electron chi connectivity index (χ1n) is 6.02. The second kappa shape index (κ2) is 8.78. The van der Waals surface area contributed by atoms with Crippen LogP contribution in [0.2, 0.25) is 10.0 Å². The summed E-state index contributed by atoms with van der Waals surface area (Å²) in [5, 5.41) is 1.50. The topological polar surface area (TPSA) is 30.0 Å². The van der Waals surface area contributed by atoms with Gasteiger partial charge >= 0.3 is 0 Å². The molecule has 18 heavy (non-hydrogen) atoms. The van der Waals surface area contributed by atoms with E-state index in [1.54, 1.807) is 19.3 Å². The maximum atomic E-state index is 10.7. The van der Waals surface area contributed by atoms with Crippen LogP contribution in [-0.2, 0) is 11.2 Å². The van der Waals surface area contributed by atoms with Gasteiger partial charge in [-0.15, -0.1) is 0 Å². The number of hydrogen-bond donors (Lipinski definition) is 0. The lowest BCUT2D eigenvalue weighted by molar-refractivity contribution is -0.109. The van der Waals surface area contributed by atoms with E-state index in [9.17, 15) is 4.79 Å². The molecule has 0 amide bonds. The molecule has 0 bridgehead atoms. The van der Waals surface area contributed by atoms with Gasteiger partial charge in [-0.1, -0.05) is 47.8 Å². The lowest BCUT2D eigenvalue weighted by Crippen LogP contribution is -1.91. The highest BCUT2D eigenvalue weighted by atomic mass is 35.5. The molecule has 0 unspecified atom stereocenters. The van der Waals surface area contributed by atoms with Gasteiger partial charge in [0.2, 0.25) is 0 Å². The smallest absolute Gasteiger partial charge is 0.185 e. The SMILES string of the molecule is CC(=O)SCCCCCCc1c(Cl)cncc1Cl. The summed E-state index contributed by atoms with van der Waals surface area (Å²) in [4.78, 5) is 14.7. The highest BCUT2D eigenvalue weighted by Gasteiger charge is 2.05. The third kappa shape index (κ3) is 6.07. The third-order valence-corrected chi connectivity index (χ3v) is 4.13. The maximum absolute atomic E-state index is 10.7. The first kappa shape index (κ1) is 15.8. The van der Waals surface area contributed by atoms with E-state index in [0.29, 0.717) is 10.0 Å². The van der Waals surface area contributed by atoms with Gasteiger partial charge in [0.05, 0.1) is 10.0 Å². The lowest BCUT2D eigenvalue weighted by Gasteiger charge is -2.06. The number of aromatic nitrogens is 1. The van der Waals surface area contributed by atoms with E-state index < -0.39 is 0 Å². The monoisotopic (exact) mass is 305 g/mol. The first-order valence-corrected chi connectivity index (χ1v) is 7.76. The van der Waals surface area contributed by atoms with Crippen molar-refractivity contribution >= 4 is 40.1 Å². The van der Waals surface area contributed by atoms with Crippen molar-refractivity contribution in [2.24, 2.45) is 0 Å². The summed E-state index contributed by atoms with van der Waals surface area (Å²) in [6, 6.07) is 0. The molecule has 0 aromatic carbocycles. The highest BCUT2D eigenvalue weighted by Crippen LogP contribution is 2.24. The van der Waals surface area contributed by atoms with Gasteiger partial charge in [-0.2, -0.15) is 0 Å². The zero-order valence-electron chi connectivity index (χ0n) is 10.4. The van der Waals surface area contributed by atoms with Crippen LogP contribution in [0.15, 0.2) is 12.4 Å². The Kier molecular flexibility index (Phi) is 7.71. The Hall–Kier alpha value is -0.250. The molecule has 0 N–H and O–H groups in total. The zero-order valence-corrected chi connectivity index (χ0v) is 12.7. The number of thioether (sulfide) groups is 1. The normalized spacial score (nSPS) is 10.6. The number of pyridine rings is 1. The van der Waals surface area contributed by atoms with Gasteiger partial charge in [-0.05, 0) is 24.8 Å². The molecule has 1 aromatic heterocycles. The lowest BCUT2D eigenvalue weighted by atomic mass is 10.1. The summed E-state index contributed by atoms with van der Waals surface area (Å²) in [5.74, 6) is 0.923. The number of nitrogens with zero attached hydrogens (tertiary/aromatic N) is 1. The van der Waals surface area contributed by atoms with E-state index in [1.165, 1.54) is 11.8 Å². The molecular weight excluding hydrogens is 289 g/mol. The Morgan fingerprint density at radius 3 is 2.39 bits per heavy atom. The van der Waals surface area contributed by atoms with Crippen LogP contribution in [0.1, 0.15) is 38.2 Å². The molecule has 0 spiro atoms. The minimum atomic E-state index is 0.199. The highest BCUT2D eigenvalue weighted by molar-refractivity contribution is 8.13. The number of rotatable bonds is 7. The molecule has 0 fully saturated rings. The predicted molar refractivity (Wildman–Crippen MR) is 79.6 cm³/mol. The van der Waals surface area contributed by atoms with Crippen molar-refractivity contribution < 1.29 is 4.79 Å². The average Bonchev–Trinajstić information content (AvgIpc) is 2.30. The van der Waals surface area contributed by atoms with E-state index in [4.69, 9.17) is 23.2 Å². The summed E-state index contributed by atoms with van der Waals surface area (Å²) in [6.07, 6.45) is 8.57. The van der Waals surface area contributed by atoms with Gasteiger partial charge in [0.15, 0.2) is 5.12 Å². The van der Waals surface area contributed by atoms with Crippen LogP contribution in [0.3, 0.4) is 0 Å². The largest absolute Gasteiger partial charge is 0.288 e. The molecule has 1 heterocycles. The second-order valence-electron chi connectivity index (χ2n) is 4.09. The van der Waals surface area contributed by atoms with Crippen LogP contribution in [-0.4, -0.2) is 15.9 Å². The molecule has 0 atom stereocenters. The van der Waals surface area contributed by atoms with Crippen LogP contribution in [0.5, 0.6) is 0 Å². The fourth-order valence-corrected chi connectivity index (χ4v) is 2.84. The van der Waals surface area contributed by atoms with Crippen LogP contribution in [0.4, 0.5) is 0 Å². The molecule has 2 nitrogen and oxygen atoms in total. The molecule has 0 aliphatic carbocycles. The number of carbonyl (C=O) groups excluding carboxylic acids is 1. The predicted octanol–water partition coefficient (Wildman–Crippen LogP) is 4.77. The van der Waals surface area contributed by atoms with E-state index in [-0.39, 0.29) is 5.12 Å². The van der Waals surface area contributed by atoms with Crippen LogP contribution >= 0.6 is 35.0 Å². The van der Waals surface area contributed by atoms with Crippen molar-refractivity contribution in [3.63, 3.8) is 0 Å². The summed E-state index contributed by atoms with van der Waals surface area (Å²) in [6.45, 7) is 1.61. The van der Waals surface area contributed by atoms with Crippen molar-refractivity contribution in [1.82, 2.24) is 4.98 Å². The number of halogens is 2. The van der Waals surface area contributed by atoms with E-state index in [1.807, 2.05) is 0 Å². The summed E-state index contributed by atoms with van der Waals surface area (Å²) in [5.41, 5.74) is 0.992. The summed E-state index contributed by atoms with van der Waals surface area (Å²) in [7, 11) is 0. The molecule has 0 saturated heterocycles. The molecule has 1 rings (SSSR count). The minimum absolute atomic E-state index is 0.199.